The highest BCUT2D eigenvalue weighted by molar-refractivity contribution is 5.68. The summed E-state index contributed by atoms with van der Waals surface area (Å²) in [7, 11) is 0. The molecule has 0 aliphatic carbocycles. The van der Waals surface area contributed by atoms with Gasteiger partial charge >= 0.3 is 12.0 Å². The highest BCUT2D eigenvalue weighted by atomic mass is 19.3. The molecule has 5 nitrogen and oxygen atoms in total. The van der Waals surface area contributed by atoms with Crippen molar-refractivity contribution < 1.29 is 28.5 Å². The largest absolute Gasteiger partial charge is 0.444 e. The van der Waals surface area contributed by atoms with Crippen LogP contribution in [0.1, 0.15) is 20.8 Å². The molecule has 17 heavy (non-hydrogen) atoms. The van der Waals surface area contributed by atoms with Crippen molar-refractivity contribution in [2.45, 2.75) is 44.5 Å². The number of amides is 1. The van der Waals surface area contributed by atoms with Crippen LogP contribution in [0.25, 0.3) is 0 Å². The SMILES string of the molecule is CC(C)(C)OC(=O)N1CC(O)C(F)(F)C(O)C1. The van der Waals surface area contributed by atoms with Crippen molar-refractivity contribution in [1.29, 1.82) is 0 Å². The van der Waals surface area contributed by atoms with Gasteiger partial charge in [0.05, 0.1) is 13.1 Å². The number of rotatable bonds is 0. The van der Waals surface area contributed by atoms with E-state index in [4.69, 9.17) is 14.9 Å². The van der Waals surface area contributed by atoms with E-state index in [1.165, 1.54) is 0 Å². The number of piperidine rings is 1. The van der Waals surface area contributed by atoms with Crippen molar-refractivity contribution >= 4 is 6.09 Å². The molecular formula is C10H17F2NO4. The van der Waals surface area contributed by atoms with E-state index in [0.717, 1.165) is 4.90 Å². The lowest BCUT2D eigenvalue weighted by molar-refractivity contribution is -0.206. The van der Waals surface area contributed by atoms with E-state index in [1.54, 1.807) is 20.8 Å². The molecule has 100 valence electrons. The molecular weight excluding hydrogens is 236 g/mol. The summed E-state index contributed by atoms with van der Waals surface area (Å²) < 4.78 is 31.1. The third-order valence-corrected chi connectivity index (χ3v) is 2.33. The van der Waals surface area contributed by atoms with E-state index in [9.17, 15) is 13.6 Å². The van der Waals surface area contributed by atoms with E-state index < -0.39 is 42.9 Å². The van der Waals surface area contributed by atoms with Gasteiger partial charge in [0.1, 0.15) is 17.8 Å². The first-order valence-electron chi connectivity index (χ1n) is 5.26. The van der Waals surface area contributed by atoms with Crippen molar-refractivity contribution in [2.75, 3.05) is 13.1 Å². The summed E-state index contributed by atoms with van der Waals surface area (Å²) in [5.74, 6) is -3.60. The Morgan fingerprint density at radius 1 is 1.29 bits per heavy atom. The second kappa shape index (κ2) is 4.38. The molecule has 1 aliphatic heterocycles. The summed E-state index contributed by atoms with van der Waals surface area (Å²) in [6, 6.07) is 0. The van der Waals surface area contributed by atoms with Gasteiger partial charge in [-0.25, -0.2) is 13.6 Å². The first-order chi connectivity index (χ1) is 7.54. The Morgan fingerprint density at radius 2 is 1.71 bits per heavy atom. The maximum absolute atomic E-state index is 13.1. The molecule has 1 saturated heterocycles. The molecule has 0 bridgehead atoms. The Bertz CT molecular complexity index is 289. The van der Waals surface area contributed by atoms with Crippen LogP contribution >= 0.6 is 0 Å². The lowest BCUT2D eigenvalue weighted by Gasteiger charge is -2.39. The fourth-order valence-electron chi connectivity index (χ4n) is 1.43. The van der Waals surface area contributed by atoms with Gasteiger partial charge in [-0.2, -0.15) is 0 Å². The number of hydrogen-bond donors (Lipinski definition) is 2. The van der Waals surface area contributed by atoms with Crippen molar-refractivity contribution in [3.63, 3.8) is 0 Å². The predicted molar refractivity (Wildman–Crippen MR) is 54.8 cm³/mol. The van der Waals surface area contributed by atoms with E-state index in [2.05, 4.69) is 0 Å². The van der Waals surface area contributed by atoms with Crippen LogP contribution in [0.15, 0.2) is 0 Å². The fraction of sp³-hybridized carbons (Fsp3) is 0.900. The average Bonchev–Trinajstić information content (AvgIpc) is 2.11. The first kappa shape index (κ1) is 14.1. The van der Waals surface area contributed by atoms with Crippen LogP contribution in [0.4, 0.5) is 13.6 Å². The molecule has 0 saturated carbocycles. The zero-order valence-corrected chi connectivity index (χ0v) is 9.98. The maximum atomic E-state index is 13.1. The smallest absolute Gasteiger partial charge is 0.410 e. The third-order valence-electron chi connectivity index (χ3n) is 2.33. The Kier molecular flexibility index (Phi) is 3.63. The molecule has 0 aromatic carbocycles. The Hall–Kier alpha value is -0.950. The van der Waals surface area contributed by atoms with Crippen molar-refractivity contribution in [2.24, 2.45) is 0 Å². The van der Waals surface area contributed by atoms with Gasteiger partial charge in [0, 0.05) is 0 Å². The molecule has 1 amide bonds. The van der Waals surface area contributed by atoms with Gasteiger partial charge < -0.3 is 19.8 Å². The number of carbonyl (C=O) groups is 1. The molecule has 1 fully saturated rings. The third kappa shape index (κ3) is 3.26. The van der Waals surface area contributed by atoms with Crippen LogP contribution in [-0.2, 0) is 4.74 Å². The monoisotopic (exact) mass is 253 g/mol. The second-order valence-electron chi connectivity index (χ2n) is 5.09. The van der Waals surface area contributed by atoms with Gasteiger partial charge in [-0.05, 0) is 20.8 Å². The zero-order chi connectivity index (χ0) is 13.4. The fourth-order valence-corrected chi connectivity index (χ4v) is 1.43. The number of ether oxygens (including phenoxy) is 1. The number of carbonyl (C=O) groups excluding carboxylic acids is 1. The van der Waals surface area contributed by atoms with E-state index >= 15 is 0 Å². The minimum absolute atomic E-state index is 0.557. The number of aliphatic hydroxyl groups excluding tert-OH is 2. The number of hydrogen-bond acceptors (Lipinski definition) is 4. The highest BCUT2D eigenvalue weighted by Crippen LogP contribution is 2.29. The Labute approximate surface area is 98.0 Å². The molecule has 0 spiro atoms. The summed E-state index contributed by atoms with van der Waals surface area (Å²) in [6.07, 6.45) is -5.00. The van der Waals surface area contributed by atoms with Crippen LogP contribution in [0.2, 0.25) is 0 Å². The normalized spacial score (nSPS) is 29.0. The number of alkyl halides is 2. The highest BCUT2D eigenvalue weighted by Gasteiger charge is 2.52. The summed E-state index contributed by atoms with van der Waals surface area (Å²) in [5.41, 5.74) is -0.757. The van der Waals surface area contributed by atoms with Gasteiger partial charge in [0.15, 0.2) is 0 Å². The lowest BCUT2D eigenvalue weighted by Crippen LogP contribution is -2.61. The van der Waals surface area contributed by atoms with Crippen LogP contribution in [0.3, 0.4) is 0 Å². The van der Waals surface area contributed by atoms with Crippen molar-refractivity contribution in [3.05, 3.63) is 0 Å². The van der Waals surface area contributed by atoms with Gasteiger partial charge in [-0.1, -0.05) is 0 Å². The number of halogens is 2. The number of aliphatic hydroxyl groups is 2. The van der Waals surface area contributed by atoms with E-state index in [1.807, 2.05) is 0 Å². The van der Waals surface area contributed by atoms with Gasteiger partial charge in [0.25, 0.3) is 0 Å². The molecule has 0 radical (unpaired) electrons. The standard InChI is InChI=1S/C10H17F2NO4/c1-9(2,3)17-8(16)13-4-6(14)10(11,12)7(15)5-13/h6-7,14-15H,4-5H2,1-3H3. The van der Waals surface area contributed by atoms with Crippen LogP contribution in [0.5, 0.6) is 0 Å². The summed E-state index contributed by atoms with van der Waals surface area (Å²) in [4.78, 5) is 12.4. The number of β-amino-alcohol motifs (C(OH)–C–C–N with tert-alkyl or cyclic N) is 2. The topological polar surface area (TPSA) is 70.0 Å². The minimum Gasteiger partial charge on any atom is -0.444 e. The van der Waals surface area contributed by atoms with E-state index in [-0.39, 0.29) is 0 Å². The van der Waals surface area contributed by atoms with Gasteiger partial charge in [-0.15, -0.1) is 0 Å². The average molecular weight is 253 g/mol. The molecule has 7 heteroatoms. The quantitative estimate of drug-likeness (QED) is 0.663. The summed E-state index contributed by atoms with van der Waals surface area (Å²) in [6.45, 7) is 3.79. The van der Waals surface area contributed by atoms with Crippen LogP contribution in [-0.4, -0.2) is 58.0 Å². The van der Waals surface area contributed by atoms with Gasteiger partial charge in [0.2, 0.25) is 0 Å². The van der Waals surface area contributed by atoms with Crippen LogP contribution in [0, 0.1) is 0 Å². The Balaban J connectivity index is 2.68. The lowest BCUT2D eigenvalue weighted by atomic mass is 10.0. The maximum Gasteiger partial charge on any atom is 0.410 e. The molecule has 0 aromatic rings. The van der Waals surface area contributed by atoms with Crippen molar-refractivity contribution in [1.82, 2.24) is 4.90 Å². The zero-order valence-electron chi connectivity index (χ0n) is 9.98. The van der Waals surface area contributed by atoms with E-state index in [0.29, 0.717) is 0 Å². The number of likely N-dealkylation sites (tertiary alicyclic amines) is 1. The van der Waals surface area contributed by atoms with Crippen LogP contribution < -0.4 is 0 Å². The van der Waals surface area contributed by atoms with Gasteiger partial charge in [-0.3, -0.25) is 0 Å². The molecule has 0 aromatic heterocycles. The molecule has 1 aliphatic rings. The second-order valence-corrected chi connectivity index (χ2v) is 5.09. The molecule has 1 heterocycles. The Morgan fingerprint density at radius 3 is 2.06 bits per heavy atom. The molecule has 2 atom stereocenters. The molecule has 1 rings (SSSR count). The molecule has 2 unspecified atom stereocenters. The first-order valence-corrected chi connectivity index (χ1v) is 5.26. The summed E-state index contributed by atoms with van der Waals surface area (Å²) >= 11 is 0. The van der Waals surface area contributed by atoms with Crippen molar-refractivity contribution in [3.8, 4) is 0 Å². The number of nitrogens with zero attached hydrogens (tertiary/aromatic N) is 1. The molecule has 2 N–H and O–H groups in total. The minimum atomic E-state index is -3.60. The summed E-state index contributed by atoms with van der Waals surface area (Å²) in [5, 5.41) is 18.3. The predicted octanol–water partition coefficient (Wildman–Crippen LogP) is 0.594.